The van der Waals surface area contributed by atoms with Crippen LogP contribution in [0.1, 0.15) is 52.7 Å². The lowest BCUT2D eigenvalue weighted by atomic mass is 10.2. The second-order valence-corrected chi connectivity index (χ2v) is 4.22. The summed E-state index contributed by atoms with van der Waals surface area (Å²) < 4.78 is 2.02. The largest absolute Gasteiger partial charge is 0.265 e. The average Bonchev–Trinajstić information content (AvgIpc) is 3.03. The number of benzene rings is 1. The molecule has 0 bridgehead atoms. The quantitative estimate of drug-likeness (QED) is 0.592. The SMILES string of the molecule is CC.CC.CC.Cc1ccc2c(cnn2Cc2ccncc2)c1. The van der Waals surface area contributed by atoms with E-state index in [1.807, 2.05) is 76.9 Å². The first kappa shape index (κ1) is 20.8. The molecule has 0 radical (unpaired) electrons. The van der Waals surface area contributed by atoms with Crippen molar-refractivity contribution in [3.63, 3.8) is 0 Å². The Labute approximate surface area is 141 Å². The summed E-state index contributed by atoms with van der Waals surface area (Å²) in [6.07, 6.45) is 5.54. The zero-order valence-electron chi connectivity index (χ0n) is 15.7. The molecular weight excluding hydrogens is 282 g/mol. The van der Waals surface area contributed by atoms with Gasteiger partial charge in [-0.25, -0.2) is 0 Å². The van der Waals surface area contributed by atoms with Crippen LogP contribution in [-0.2, 0) is 6.54 Å². The monoisotopic (exact) mass is 313 g/mol. The van der Waals surface area contributed by atoms with Crippen molar-refractivity contribution in [3.8, 4) is 0 Å². The minimum atomic E-state index is 0.787. The highest BCUT2D eigenvalue weighted by Gasteiger charge is 2.03. The fourth-order valence-electron chi connectivity index (χ4n) is 1.99. The van der Waals surface area contributed by atoms with Crippen molar-refractivity contribution in [2.75, 3.05) is 0 Å². The highest BCUT2D eigenvalue weighted by Crippen LogP contribution is 2.16. The van der Waals surface area contributed by atoms with E-state index in [2.05, 4.69) is 35.2 Å². The van der Waals surface area contributed by atoms with E-state index in [4.69, 9.17) is 0 Å². The van der Waals surface area contributed by atoms with Crippen LogP contribution in [0.2, 0.25) is 0 Å². The van der Waals surface area contributed by atoms with Crippen LogP contribution in [0.3, 0.4) is 0 Å². The van der Waals surface area contributed by atoms with Crippen molar-refractivity contribution in [3.05, 3.63) is 60.0 Å². The molecule has 0 aliphatic carbocycles. The van der Waals surface area contributed by atoms with Crippen molar-refractivity contribution >= 4 is 10.9 Å². The molecule has 3 rings (SSSR count). The Bertz CT molecular complexity index is 642. The summed E-state index contributed by atoms with van der Waals surface area (Å²) in [5, 5.41) is 5.62. The molecule has 0 aliphatic rings. The summed E-state index contributed by atoms with van der Waals surface area (Å²) in [6.45, 7) is 14.9. The van der Waals surface area contributed by atoms with Crippen LogP contribution in [0.5, 0.6) is 0 Å². The second-order valence-electron chi connectivity index (χ2n) is 4.22. The van der Waals surface area contributed by atoms with E-state index in [0.717, 1.165) is 6.54 Å². The third kappa shape index (κ3) is 6.23. The second kappa shape index (κ2) is 12.4. The van der Waals surface area contributed by atoms with Gasteiger partial charge in [0, 0.05) is 17.8 Å². The molecule has 0 fully saturated rings. The number of aryl methyl sites for hydroxylation is 1. The number of hydrogen-bond acceptors (Lipinski definition) is 2. The van der Waals surface area contributed by atoms with Crippen molar-refractivity contribution in [1.29, 1.82) is 0 Å². The molecule has 126 valence electrons. The van der Waals surface area contributed by atoms with Gasteiger partial charge in [-0.1, -0.05) is 53.2 Å². The molecule has 3 heteroatoms. The molecule has 0 saturated carbocycles. The highest BCUT2D eigenvalue weighted by molar-refractivity contribution is 5.79. The fourth-order valence-corrected chi connectivity index (χ4v) is 1.99. The Morgan fingerprint density at radius 2 is 1.48 bits per heavy atom. The first-order chi connectivity index (χ1) is 11.3. The van der Waals surface area contributed by atoms with Gasteiger partial charge in [0.15, 0.2) is 0 Å². The molecule has 3 aromatic rings. The summed E-state index contributed by atoms with van der Waals surface area (Å²) in [5.41, 5.74) is 3.65. The molecule has 3 nitrogen and oxygen atoms in total. The minimum absolute atomic E-state index is 0.787. The van der Waals surface area contributed by atoms with Gasteiger partial charge in [0.2, 0.25) is 0 Å². The molecular formula is C20H31N3. The minimum Gasteiger partial charge on any atom is -0.265 e. The lowest BCUT2D eigenvalue weighted by molar-refractivity contribution is 0.711. The Morgan fingerprint density at radius 3 is 2.09 bits per heavy atom. The molecule has 0 saturated heterocycles. The summed E-state index contributed by atoms with van der Waals surface area (Å²) in [6, 6.07) is 10.4. The van der Waals surface area contributed by atoms with E-state index in [-0.39, 0.29) is 0 Å². The maximum absolute atomic E-state index is 4.43. The smallest absolute Gasteiger partial charge is 0.0686 e. The lowest BCUT2D eigenvalue weighted by Crippen LogP contribution is -2.01. The molecule has 0 spiro atoms. The van der Waals surface area contributed by atoms with E-state index in [1.165, 1.54) is 22.0 Å². The topological polar surface area (TPSA) is 30.7 Å². The maximum Gasteiger partial charge on any atom is 0.0686 e. The number of fused-ring (bicyclic) bond motifs is 1. The van der Waals surface area contributed by atoms with Crippen LogP contribution in [0.25, 0.3) is 10.9 Å². The standard InChI is InChI=1S/C14H13N3.3C2H6/c1-11-2-3-14-13(8-11)9-16-17(14)10-12-4-6-15-7-5-12;3*1-2/h2-9H,10H2,1H3;3*1-2H3. The zero-order valence-corrected chi connectivity index (χ0v) is 15.7. The third-order valence-corrected chi connectivity index (χ3v) is 2.88. The first-order valence-corrected chi connectivity index (χ1v) is 8.64. The van der Waals surface area contributed by atoms with Gasteiger partial charge in [0.25, 0.3) is 0 Å². The Kier molecular flexibility index (Phi) is 11.2. The summed E-state index contributed by atoms with van der Waals surface area (Å²) in [5.74, 6) is 0. The Balaban J connectivity index is 0.000000728. The molecule has 0 aliphatic heterocycles. The van der Waals surface area contributed by atoms with E-state index in [0.29, 0.717) is 0 Å². The summed E-state index contributed by atoms with van der Waals surface area (Å²) >= 11 is 0. The zero-order chi connectivity index (χ0) is 17.7. The van der Waals surface area contributed by atoms with Gasteiger partial charge in [0.1, 0.15) is 0 Å². The van der Waals surface area contributed by atoms with Gasteiger partial charge < -0.3 is 0 Å². The predicted octanol–water partition coefficient (Wildman–Crippen LogP) is 5.87. The number of rotatable bonds is 2. The van der Waals surface area contributed by atoms with Crippen LogP contribution in [0.4, 0.5) is 0 Å². The number of aromatic nitrogens is 3. The predicted molar refractivity (Wildman–Crippen MR) is 102 cm³/mol. The molecule has 0 amide bonds. The number of pyridine rings is 1. The lowest BCUT2D eigenvalue weighted by Gasteiger charge is -2.03. The highest BCUT2D eigenvalue weighted by atomic mass is 15.3. The van der Waals surface area contributed by atoms with E-state index in [1.54, 1.807) is 0 Å². The van der Waals surface area contributed by atoms with Crippen molar-refractivity contribution in [2.45, 2.75) is 55.0 Å². The van der Waals surface area contributed by atoms with Crippen LogP contribution in [0.15, 0.2) is 48.9 Å². The Morgan fingerprint density at radius 1 is 0.870 bits per heavy atom. The van der Waals surface area contributed by atoms with Gasteiger partial charge >= 0.3 is 0 Å². The Hall–Kier alpha value is -2.16. The van der Waals surface area contributed by atoms with Crippen LogP contribution < -0.4 is 0 Å². The van der Waals surface area contributed by atoms with E-state index >= 15 is 0 Å². The molecule has 23 heavy (non-hydrogen) atoms. The average molecular weight is 313 g/mol. The van der Waals surface area contributed by atoms with Gasteiger partial charge in [-0.05, 0) is 36.8 Å². The molecule has 2 heterocycles. The van der Waals surface area contributed by atoms with Crippen LogP contribution in [-0.4, -0.2) is 14.8 Å². The molecule has 0 unspecified atom stereocenters. The van der Waals surface area contributed by atoms with Crippen molar-refractivity contribution < 1.29 is 0 Å². The van der Waals surface area contributed by atoms with Crippen LogP contribution in [0, 0.1) is 6.92 Å². The van der Waals surface area contributed by atoms with Gasteiger partial charge in [-0.3, -0.25) is 9.67 Å². The summed E-state index contributed by atoms with van der Waals surface area (Å²) in [4.78, 5) is 4.02. The number of nitrogens with zero attached hydrogens (tertiary/aromatic N) is 3. The van der Waals surface area contributed by atoms with Crippen LogP contribution >= 0.6 is 0 Å². The molecule has 1 aromatic carbocycles. The van der Waals surface area contributed by atoms with Gasteiger partial charge in [-0.15, -0.1) is 0 Å². The maximum atomic E-state index is 4.43. The van der Waals surface area contributed by atoms with Gasteiger partial charge in [0.05, 0.1) is 18.3 Å². The van der Waals surface area contributed by atoms with E-state index in [9.17, 15) is 0 Å². The molecule has 0 atom stereocenters. The van der Waals surface area contributed by atoms with Crippen molar-refractivity contribution in [1.82, 2.24) is 14.8 Å². The number of hydrogen-bond donors (Lipinski definition) is 0. The third-order valence-electron chi connectivity index (χ3n) is 2.88. The van der Waals surface area contributed by atoms with Gasteiger partial charge in [-0.2, -0.15) is 5.10 Å². The summed E-state index contributed by atoms with van der Waals surface area (Å²) in [7, 11) is 0. The first-order valence-electron chi connectivity index (χ1n) is 8.64. The normalized spacial score (nSPS) is 8.83. The molecule has 2 aromatic heterocycles. The van der Waals surface area contributed by atoms with E-state index < -0.39 is 0 Å². The molecule has 0 N–H and O–H groups in total. The van der Waals surface area contributed by atoms with Crippen molar-refractivity contribution in [2.24, 2.45) is 0 Å². The fraction of sp³-hybridized carbons (Fsp3) is 0.400.